The first-order valence-corrected chi connectivity index (χ1v) is 7.76. The number of phenols is 1. The summed E-state index contributed by atoms with van der Waals surface area (Å²) in [5, 5.41) is 19.1. The van der Waals surface area contributed by atoms with Crippen molar-refractivity contribution in [1.82, 2.24) is 4.90 Å². The van der Waals surface area contributed by atoms with Crippen molar-refractivity contribution in [3.63, 3.8) is 0 Å². The predicted octanol–water partition coefficient (Wildman–Crippen LogP) is 2.82. The lowest BCUT2D eigenvalue weighted by molar-refractivity contribution is -0.143. The van der Waals surface area contributed by atoms with Crippen LogP contribution in [0.25, 0.3) is 0 Å². The molecular formula is C17H25NO3. The number of aromatic hydroxyl groups is 1. The predicted molar refractivity (Wildman–Crippen MR) is 82.6 cm³/mol. The normalized spacial score (nSPS) is 18.6. The number of hydrogen-bond acceptors (Lipinski definition) is 3. The first-order chi connectivity index (χ1) is 10.0. The van der Waals surface area contributed by atoms with Crippen molar-refractivity contribution in [2.45, 2.75) is 45.6 Å². The zero-order chi connectivity index (χ0) is 15.4. The number of carboxylic acids is 1. The number of aliphatic carboxylic acids is 1. The lowest BCUT2D eigenvalue weighted by atomic mass is 9.93. The molecule has 1 fully saturated rings. The minimum absolute atomic E-state index is 0.189. The number of phenolic OH excluding ortho intramolecular Hbond substituents is 1. The second-order valence-electron chi connectivity index (χ2n) is 6.05. The van der Waals surface area contributed by atoms with Gasteiger partial charge in [-0.3, -0.25) is 4.79 Å². The van der Waals surface area contributed by atoms with Crippen LogP contribution in [0.3, 0.4) is 0 Å². The Morgan fingerprint density at radius 3 is 2.62 bits per heavy atom. The average Bonchev–Trinajstić information content (AvgIpc) is 2.48. The molecule has 21 heavy (non-hydrogen) atoms. The Morgan fingerprint density at radius 1 is 1.38 bits per heavy atom. The highest BCUT2D eigenvalue weighted by Crippen LogP contribution is 2.25. The van der Waals surface area contributed by atoms with E-state index in [2.05, 4.69) is 11.8 Å². The van der Waals surface area contributed by atoms with Gasteiger partial charge in [0.15, 0.2) is 0 Å². The number of carbonyl (C=O) groups is 1. The Bertz CT molecular complexity index is 493. The molecule has 1 heterocycles. The number of aryl methyl sites for hydroxylation is 1. The maximum absolute atomic E-state index is 11.0. The standard InChI is InChI=1S/C17H25NO3/c1-3-15(11-14-10-12(2)4-5-16(14)19)18-8-6-13(7-9-18)17(20)21/h4-5,10,13,15,19H,3,6-9,11H2,1-2H3,(H,20,21). The molecule has 1 aliphatic heterocycles. The van der Waals surface area contributed by atoms with Crippen LogP contribution in [0.4, 0.5) is 0 Å². The molecule has 0 aromatic heterocycles. The van der Waals surface area contributed by atoms with Crippen LogP contribution in [0, 0.1) is 12.8 Å². The van der Waals surface area contributed by atoms with Gasteiger partial charge < -0.3 is 15.1 Å². The molecule has 1 aromatic carbocycles. The smallest absolute Gasteiger partial charge is 0.306 e. The van der Waals surface area contributed by atoms with Gasteiger partial charge >= 0.3 is 5.97 Å². The van der Waals surface area contributed by atoms with Crippen LogP contribution in [0.1, 0.15) is 37.3 Å². The Morgan fingerprint density at radius 2 is 2.05 bits per heavy atom. The lowest BCUT2D eigenvalue weighted by Gasteiger charge is -2.36. The van der Waals surface area contributed by atoms with Gasteiger partial charge in [-0.25, -0.2) is 0 Å². The fourth-order valence-electron chi connectivity index (χ4n) is 3.17. The van der Waals surface area contributed by atoms with Gasteiger partial charge in [-0.05, 0) is 57.3 Å². The van der Waals surface area contributed by atoms with E-state index in [1.807, 2.05) is 19.1 Å². The second kappa shape index (κ2) is 6.94. The van der Waals surface area contributed by atoms with Crippen molar-refractivity contribution >= 4 is 5.97 Å². The number of rotatable bonds is 5. The molecule has 1 atom stereocenters. The third-order valence-corrected chi connectivity index (χ3v) is 4.56. The summed E-state index contributed by atoms with van der Waals surface area (Å²) in [5.74, 6) is -0.496. The van der Waals surface area contributed by atoms with E-state index in [0.717, 1.165) is 49.9 Å². The maximum Gasteiger partial charge on any atom is 0.306 e. The van der Waals surface area contributed by atoms with Crippen molar-refractivity contribution in [3.05, 3.63) is 29.3 Å². The summed E-state index contributed by atoms with van der Waals surface area (Å²) in [6, 6.07) is 6.08. The monoisotopic (exact) mass is 291 g/mol. The van der Waals surface area contributed by atoms with Gasteiger partial charge in [-0.2, -0.15) is 0 Å². The number of benzene rings is 1. The zero-order valence-electron chi connectivity index (χ0n) is 12.9. The van der Waals surface area contributed by atoms with Crippen LogP contribution in [0.2, 0.25) is 0 Å². The Labute approximate surface area is 126 Å². The summed E-state index contributed by atoms with van der Waals surface area (Å²) in [4.78, 5) is 13.4. The number of carboxylic acid groups (broad SMARTS) is 1. The van der Waals surface area contributed by atoms with E-state index >= 15 is 0 Å². The number of hydrogen-bond donors (Lipinski definition) is 2. The SMILES string of the molecule is CCC(Cc1cc(C)ccc1O)N1CCC(C(=O)O)CC1. The van der Waals surface area contributed by atoms with Gasteiger partial charge in [-0.1, -0.05) is 24.6 Å². The van der Waals surface area contributed by atoms with Gasteiger partial charge in [0, 0.05) is 6.04 Å². The van der Waals surface area contributed by atoms with E-state index in [1.165, 1.54) is 0 Å². The molecule has 0 aliphatic carbocycles. The van der Waals surface area contributed by atoms with Crippen molar-refractivity contribution in [3.8, 4) is 5.75 Å². The third-order valence-electron chi connectivity index (χ3n) is 4.56. The Balaban J connectivity index is 2.00. The second-order valence-corrected chi connectivity index (χ2v) is 6.05. The molecule has 2 N–H and O–H groups in total. The summed E-state index contributed by atoms with van der Waals surface area (Å²) in [7, 11) is 0. The summed E-state index contributed by atoms with van der Waals surface area (Å²) < 4.78 is 0. The van der Waals surface area contributed by atoms with Gasteiger partial charge in [0.05, 0.1) is 5.92 Å². The Kier molecular flexibility index (Phi) is 5.23. The molecule has 1 saturated heterocycles. The van der Waals surface area contributed by atoms with Crippen LogP contribution >= 0.6 is 0 Å². The topological polar surface area (TPSA) is 60.8 Å². The molecule has 4 heteroatoms. The molecule has 1 aliphatic rings. The highest BCUT2D eigenvalue weighted by molar-refractivity contribution is 5.70. The Hall–Kier alpha value is -1.55. The van der Waals surface area contributed by atoms with Crippen LogP contribution in [-0.2, 0) is 11.2 Å². The largest absolute Gasteiger partial charge is 0.508 e. The van der Waals surface area contributed by atoms with Gasteiger partial charge in [0.1, 0.15) is 5.75 Å². The highest BCUT2D eigenvalue weighted by Gasteiger charge is 2.28. The summed E-state index contributed by atoms with van der Waals surface area (Å²) in [5.41, 5.74) is 2.14. The van der Waals surface area contributed by atoms with E-state index in [1.54, 1.807) is 6.07 Å². The summed E-state index contributed by atoms with van der Waals surface area (Å²) in [6.07, 6.45) is 3.28. The van der Waals surface area contributed by atoms with E-state index in [0.29, 0.717) is 11.8 Å². The fraction of sp³-hybridized carbons (Fsp3) is 0.588. The summed E-state index contributed by atoms with van der Waals surface area (Å²) in [6.45, 7) is 5.85. The van der Waals surface area contributed by atoms with Gasteiger partial charge in [-0.15, -0.1) is 0 Å². The molecule has 0 spiro atoms. The average molecular weight is 291 g/mol. The zero-order valence-corrected chi connectivity index (χ0v) is 12.9. The molecule has 1 aromatic rings. The molecule has 2 rings (SSSR count). The van der Waals surface area contributed by atoms with Crippen molar-refractivity contribution < 1.29 is 15.0 Å². The van der Waals surface area contributed by atoms with Crippen molar-refractivity contribution in [2.75, 3.05) is 13.1 Å². The van der Waals surface area contributed by atoms with E-state index < -0.39 is 5.97 Å². The number of piperidine rings is 1. The quantitative estimate of drug-likeness (QED) is 0.875. The van der Waals surface area contributed by atoms with Crippen LogP contribution < -0.4 is 0 Å². The van der Waals surface area contributed by atoms with Gasteiger partial charge in [0.2, 0.25) is 0 Å². The number of likely N-dealkylation sites (tertiary alicyclic amines) is 1. The fourth-order valence-corrected chi connectivity index (χ4v) is 3.17. The van der Waals surface area contributed by atoms with Crippen LogP contribution in [-0.4, -0.2) is 40.2 Å². The maximum atomic E-state index is 11.0. The third kappa shape index (κ3) is 3.97. The molecular weight excluding hydrogens is 266 g/mol. The van der Waals surface area contributed by atoms with Crippen molar-refractivity contribution in [1.29, 1.82) is 0 Å². The highest BCUT2D eigenvalue weighted by atomic mass is 16.4. The first-order valence-electron chi connectivity index (χ1n) is 7.76. The van der Waals surface area contributed by atoms with Crippen LogP contribution in [0.15, 0.2) is 18.2 Å². The molecule has 0 saturated carbocycles. The molecule has 116 valence electrons. The molecule has 0 radical (unpaired) electrons. The minimum atomic E-state index is -0.668. The minimum Gasteiger partial charge on any atom is -0.508 e. The molecule has 4 nitrogen and oxygen atoms in total. The van der Waals surface area contributed by atoms with E-state index in [9.17, 15) is 9.90 Å². The van der Waals surface area contributed by atoms with E-state index in [-0.39, 0.29) is 5.92 Å². The molecule has 0 amide bonds. The number of nitrogens with zero attached hydrogens (tertiary/aromatic N) is 1. The van der Waals surface area contributed by atoms with Crippen molar-refractivity contribution in [2.24, 2.45) is 5.92 Å². The van der Waals surface area contributed by atoms with Crippen LogP contribution in [0.5, 0.6) is 5.75 Å². The van der Waals surface area contributed by atoms with Gasteiger partial charge in [0.25, 0.3) is 0 Å². The summed E-state index contributed by atoms with van der Waals surface area (Å²) >= 11 is 0. The lowest BCUT2D eigenvalue weighted by Crippen LogP contribution is -2.43. The molecule has 0 bridgehead atoms. The molecule has 1 unspecified atom stereocenters. The van der Waals surface area contributed by atoms with E-state index in [4.69, 9.17) is 5.11 Å². The first kappa shape index (κ1) is 15.8.